The van der Waals surface area contributed by atoms with E-state index in [1.165, 1.54) is 25.7 Å². The summed E-state index contributed by atoms with van der Waals surface area (Å²) in [4.78, 5) is 12.0. The standard InChI is InChI=1S/C15H22N2O/c1-2-8-15(9-10-15)11-17-14(18)13(16)12-6-4-3-5-7-12/h3-7,13H,2,8-11,16H2,1H3,(H,17,18)/t13-/m1/s1. The van der Waals surface area contributed by atoms with Crippen LogP contribution < -0.4 is 11.1 Å². The molecule has 3 N–H and O–H groups in total. The van der Waals surface area contributed by atoms with Crippen molar-refractivity contribution in [2.24, 2.45) is 11.1 Å². The summed E-state index contributed by atoms with van der Waals surface area (Å²) in [6.45, 7) is 2.97. The summed E-state index contributed by atoms with van der Waals surface area (Å²) in [6, 6.07) is 8.97. The lowest BCUT2D eigenvalue weighted by molar-refractivity contribution is -0.122. The first-order valence-corrected chi connectivity index (χ1v) is 6.75. The van der Waals surface area contributed by atoms with Crippen molar-refractivity contribution in [1.29, 1.82) is 0 Å². The predicted octanol–water partition coefficient (Wildman–Crippen LogP) is 2.38. The molecule has 2 rings (SSSR count). The number of nitrogens with two attached hydrogens (primary N) is 1. The molecular formula is C15H22N2O. The Morgan fingerprint density at radius 3 is 2.61 bits per heavy atom. The van der Waals surface area contributed by atoms with Crippen molar-refractivity contribution in [2.75, 3.05) is 6.54 Å². The summed E-state index contributed by atoms with van der Waals surface area (Å²) in [5, 5.41) is 3.00. The summed E-state index contributed by atoms with van der Waals surface area (Å²) in [5.41, 5.74) is 7.20. The molecule has 0 radical (unpaired) electrons. The molecule has 1 aromatic rings. The number of hydrogen-bond donors (Lipinski definition) is 2. The van der Waals surface area contributed by atoms with Crippen LogP contribution in [0.1, 0.15) is 44.2 Å². The summed E-state index contributed by atoms with van der Waals surface area (Å²) in [6.07, 6.45) is 4.86. The van der Waals surface area contributed by atoms with Crippen LogP contribution in [-0.2, 0) is 4.79 Å². The van der Waals surface area contributed by atoms with Gasteiger partial charge in [-0.15, -0.1) is 0 Å². The molecule has 3 nitrogen and oxygen atoms in total. The molecule has 18 heavy (non-hydrogen) atoms. The Hall–Kier alpha value is -1.35. The van der Waals surface area contributed by atoms with E-state index in [0.717, 1.165) is 12.1 Å². The quantitative estimate of drug-likeness (QED) is 0.809. The number of benzene rings is 1. The van der Waals surface area contributed by atoms with E-state index in [2.05, 4.69) is 12.2 Å². The summed E-state index contributed by atoms with van der Waals surface area (Å²) < 4.78 is 0. The molecule has 98 valence electrons. The monoisotopic (exact) mass is 246 g/mol. The van der Waals surface area contributed by atoms with Crippen molar-refractivity contribution in [1.82, 2.24) is 5.32 Å². The van der Waals surface area contributed by atoms with E-state index in [9.17, 15) is 4.79 Å². The second-order valence-electron chi connectivity index (χ2n) is 5.36. The van der Waals surface area contributed by atoms with E-state index in [1.54, 1.807) is 0 Å². The maximum atomic E-state index is 12.0. The first-order chi connectivity index (χ1) is 8.67. The molecule has 0 bridgehead atoms. The van der Waals surface area contributed by atoms with Gasteiger partial charge in [-0.1, -0.05) is 43.7 Å². The molecule has 1 aliphatic rings. The van der Waals surface area contributed by atoms with Gasteiger partial charge in [0.1, 0.15) is 6.04 Å². The van der Waals surface area contributed by atoms with Crippen molar-refractivity contribution < 1.29 is 4.79 Å². The highest BCUT2D eigenvalue weighted by molar-refractivity contribution is 5.82. The Morgan fingerprint density at radius 2 is 2.06 bits per heavy atom. The third-order valence-corrected chi connectivity index (χ3v) is 3.82. The fourth-order valence-electron chi connectivity index (χ4n) is 2.42. The van der Waals surface area contributed by atoms with Crippen LogP contribution in [0.15, 0.2) is 30.3 Å². The minimum absolute atomic E-state index is 0.0661. The van der Waals surface area contributed by atoms with E-state index in [1.807, 2.05) is 30.3 Å². The normalized spacial score (nSPS) is 18.1. The number of amides is 1. The third-order valence-electron chi connectivity index (χ3n) is 3.82. The zero-order chi connectivity index (χ0) is 13.0. The molecule has 0 unspecified atom stereocenters. The maximum absolute atomic E-state index is 12.0. The first-order valence-electron chi connectivity index (χ1n) is 6.75. The molecule has 1 aliphatic carbocycles. The number of carbonyl (C=O) groups is 1. The van der Waals surface area contributed by atoms with Gasteiger partial charge in [-0.25, -0.2) is 0 Å². The van der Waals surface area contributed by atoms with Gasteiger partial charge in [0.05, 0.1) is 0 Å². The van der Waals surface area contributed by atoms with Gasteiger partial charge in [0, 0.05) is 6.54 Å². The molecule has 0 spiro atoms. The van der Waals surface area contributed by atoms with Crippen LogP contribution in [0.25, 0.3) is 0 Å². The lowest BCUT2D eigenvalue weighted by Gasteiger charge is -2.17. The average molecular weight is 246 g/mol. The maximum Gasteiger partial charge on any atom is 0.241 e. The molecule has 0 aliphatic heterocycles. The van der Waals surface area contributed by atoms with Gasteiger partial charge in [-0.3, -0.25) is 4.79 Å². The van der Waals surface area contributed by atoms with Crippen molar-refractivity contribution in [3.63, 3.8) is 0 Å². The van der Waals surface area contributed by atoms with Crippen LogP contribution >= 0.6 is 0 Å². The van der Waals surface area contributed by atoms with Gasteiger partial charge >= 0.3 is 0 Å². The number of rotatable bonds is 6. The summed E-state index contributed by atoms with van der Waals surface area (Å²) in [7, 11) is 0. The van der Waals surface area contributed by atoms with Crippen molar-refractivity contribution >= 4 is 5.91 Å². The highest BCUT2D eigenvalue weighted by atomic mass is 16.2. The zero-order valence-electron chi connectivity index (χ0n) is 11.0. The second kappa shape index (κ2) is 5.53. The summed E-state index contributed by atoms with van der Waals surface area (Å²) in [5.74, 6) is -0.0661. The molecule has 0 heterocycles. The highest BCUT2D eigenvalue weighted by Crippen LogP contribution is 2.48. The lowest BCUT2D eigenvalue weighted by Crippen LogP contribution is -2.37. The van der Waals surface area contributed by atoms with E-state index in [-0.39, 0.29) is 5.91 Å². The SMILES string of the molecule is CCCC1(CNC(=O)[C@H](N)c2ccccc2)CC1. The van der Waals surface area contributed by atoms with Gasteiger partial charge in [0.2, 0.25) is 5.91 Å². The number of nitrogens with one attached hydrogen (secondary N) is 1. The predicted molar refractivity (Wildman–Crippen MR) is 73.0 cm³/mol. The number of carbonyl (C=O) groups excluding carboxylic acids is 1. The van der Waals surface area contributed by atoms with Gasteiger partial charge in [0.15, 0.2) is 0 Å². The molecule has 3 heteroatoms. The molecule has 1 aromatic carbocycles. The van der Waals surface area contributed by atoms with E-state index < -0.39 is 6.04 Å². The third kappa shape index (κ3) is 3.10. The van der Waals surface area contributed by atoms with Crippen molar-refractivity contribution in [3.05, 3.63) is 35.9 Å². The fourth-order valence-corrected chi connectivity index (χ4v) is 2.42. The largest absolute Gasteiger partial charge is 0.354 e. The van der Waals surface area contributed by atoms with Crippen LogP contribution in [0, 0.1) is 5.41 Å². The van der Waals surface area contributed by atoms with E-state index in [4.69, 9.17) is 5.73 Å². The van der Waals surface area contributed by atoms with E-state index >= 15 is 0 Å². The number of hydrogen-bond acceptors (Lipinski definition) is 2. The van der Waals surface area contributed by atoms with Crippen LogP contribution in [0.3, 0.4) is 0 Å². The Balaban J connectivity index is 1.85. The molecule has 1 amide bonds. The van der Waals surface area contributed by atoms with Crippen LogP contribution in [0.4, 0.5) is 0 Å². The van der Waals surface area contributed by atoms with Crippen molar-refractivity contribution in [3.8, 4) is 0 Å². The van der Waals surface area contributed by atoms with Crippen molar-refractivity contribution in [2.45, 2.75) is 38.6 Å². The molecule has 1 atom stereocenters. The Labute approximate surface area is 109 Å². The molecule has 1 saturated carbocycles. The van der Waals surface area contributed by atoms with Crippen LogP contribution in [0.5, 0.6) is 0 Å². The van der Waals surface area contributed by atoms with Gasteiger partial charge in [0.25, 0.3) is 0 Å². The van der Waals surface area contributed by atoms with Crippen LogP contribution in [-0.4, -0.2) is 12.5 Å². The molecule has 0 aromatic heterocycles. The molecular weight excluding hydrogens is 224 g/mol. The highest BCUT2D eigenvalue weighted by Gasteiger charge is 2.41. The summed E-state index contributed by atoms with van der Waals surface area (Å²) >= 11 is 0. The Bertz CT molecular complexity index is 398. The smallest absolute Gasteiger partial charge is 0.241 e. The lowest BCUT2D eigenvalue weighted by atomic mass is 10.0. The zero-order valence-corrected chi connectivity index (χ0v) is 11.0. The van der Waals surface area contributed by atoms with E-state index in [0.29, 0.717) is 5.41 Å². The topological polar surface area (TPSA) is 55.1 Å². The average Bonchev–Trinajstić information content (AvgIpc) is 3.17. The minimum Gasteiger partial charge on any atom is -0.354 e. The van der Waals surface area contributed by atoms with Gasteiger partial charge in [-0.2, -0.15) is 0 Å². The molecule has 1 fully saturated rings. The molecule has 0 saturated heterocycles. The minimum atomic E-state index is -0.552. The van der Waals surface area contributed by atoms with Crippen LogP contribution in [0.2, 0.25) is 0 Å². The van der Waals surface area contributed by atoms with Gasteiger partial charge < -0.3 is 11.1 Å². The first kappa shape index (κ1) is 13.1. The second-order valence-corrected chi connectivity index (χ2v) is 5.36. The van der Waals surface area contributed by atoms with Gasteiger partial charge in [-0.05, 0) is 30.2 Å². The fraction of sp³-hybridized carbons (Fsp3) is 0.533. The Kier molecular flexibility index (Phi) is 4.02. The Morgan fingerprint density at radius 1 is 1.39 bits per heavy atom.